The smallest absolute Gasteiger partial charge is 0.0503 e. The zero-order valence-corrected chi connectivity index (χ0v) is 55.8. The van der Waals surface area contributed by atoms with Crippen LogP contribution in [0.2, 0.25) is 214 Å². The van der Waals surface area contributed by atoms with E-state index in [1.165, 1.54) is 0 Å². The molecule has 0 aromatic rings. The molecule has 2 aliphatic rings. The van der Waals surface area contributed by atoms with E-state index in [9.17, 15) is 0 Å². The lowest BCUT2D eigenvalue weighted by atomic mass is 10.4. The standard InChI is InChI=1S/C38H98Si14/c1-43(2,3)35(44(4,5)6)31-32-36(45(7,8)9,46(10,11)12)39(35)41(51(25,26)27)42(52(28,29)30)40-37(47(13,14)15,48(16,17)18)33-34-38(40,49(19,20)21)50(22,23)24/h31-34H2,1-30H3. The summed E-state index contributed by atoms with van der Waals surface area (Å²) in [5.74, 6) is 0. The first-order valence-electron chi connectivity index (χ1n) is 21.7. The minimum Gasteiger partial charge on any atom is -0.0694 e. The largest absolute Gasteiger partial charge is 0.0694 e. The minimum atomic E-state index is -1.55. The Morgan fingerprint density at radius 2 is 0.365 bits per heavy atom. The highest BCUT2D eigenvalue weighted by Crippen LogP contribution is 2.71. The molecule has 306 valence electrons. The lowest BCUT2D eigenvalue weighted by Gasteiger charge is -2.62. The van der Waals surface area contributed by atoms with Crippen LogP contribution in [0.1, 0.15) is 25.7 Å². The molecule has 2 saturated heterocycles. The molecule has 0 atom stereocenters. The fourth-order valence-electron chi connectivity index (χ4n) is 15.1. The molecule has 14 heteroatoms. The third-order valence-corrected chi connectivity index (χ3v) is 168. The zero-order chi connectivity index (χ0) is 42.1. The number of hydrogen-bond donors (Lipinski definition) is 0. The summed E-state index contributed by atoms with van der Waals surface area (Å²) in [5.41, 5.74) is 0. The van der Waals surface area contributed by atoms with Crippen molar-refractivity contribution in [3.05, 3.63) is 0 Å². The van der Waals surface area contributed by atoms with Gasteiger partial charge in [-0.15, -0.1) is 0 Å². The first-order chi connectivity index (χ1) is 22.1. The van der Waals surface area contributed by atoms with Crippen molar-refractivity contribution in [3.63, 3.8) is 0 Å². The van der Waals surface area contributed by atoms with E-state index in [4.69, 9.17) is 0 Å². The van der Waals surface area contributed by atoms with Crippen LogP contribution < -0.4 is 0 Å². The van der Waals surface area contributed by atoms with Crippen LogP contribution in [0.5, 0.6) is 0 Å². The molecule has 0 radical (unpaired) electrons. The van der Waals surface area contributed by atoms with Gasteiger partial charge in [0.1, 0.15) is 0 Å². The van der Waals surface area contributed by atoms with Crippen molar-refractivity contribution in [2.24, 2.45) is 0 Å². The Labute approximate surface area is 345 Å². The van der Waals surface area contributed by atoms with Crippen molar-refractivity contribution < 1.29 is 0 Å². The van der Waals surface area contributed by atoms with Crippen molar-refractivity contribution in [2.45, 2.75) is 239 Å². The summed E-state index contributed by atoms with van der Waals surface area (Å²) in [6, 6.07) is 0. The Bertz CT molecular complexity index is 1170. The number of rotatable bonds is 11. The van der Waals surface area contributed by atoms with Gasteiger partial charge in [0.15, 0.2) is 0 Å². The molecule has 0 unspecified atom stereocenters. The summed E-state index contributed by atoms with van der Waals surface area (Å²) in [6.07, 6.45) is 6.68. The molecule has 0 N–H and O–H groups in total. The fourth-order valence-corrected chi connectivity index (χ4v) is 270. The van der Waals surface area contributed by atoms with Crippen molar-refractivity contribution in [1.82, 2.24) is 0 Å². The van der Waals surface area contributed by atoms with Gasteiger partial charge in [-0.2, -0.15) is 0 Å². The molecule has 0 saturated carbocycles. The highest BCUT2D eigenvalue weighted by Gasteiger charge is 2.73. The Kier molecular flexibility index (Phi) is 14.1. The van der Waals surface area contributed by atoms with Crippen molar-refractivity contribution in [2.75, 3.05) is 0 Å². The van der Waals surface area contributed by atoms with Gasteiger partial charge < -0.3 is 0 Å². The van der Waals surface area contributed by atoms with Gasteiger partial charge >= 0.3 is 0 Å². The van der Waals surface area contributed by atoms with Crippen LogP contribution in [0, 0.1) is 0 Å². The Balaban J connectivity index is 4.10. The highest BCUT2D eigenvalue weighted by molar-refractivity contribution is 7.80. The molecule has 2 fully saturated rings. The molecular weight excluding hydrogens is 850 g/mol. The molecule has 2 aliphatic heterocycles. The van der Waals surface area contributed by atoms with E-state index >= 15 is 0 Å². The summed E-state index contributed by atoms with van der Waals surface area (Å²) in [5, 5.41) is 0. The SMILES string of the molecule is C[Si](C)(C)[Si](=[Si]1C([Si](C)(C)C)([Si](C)(C)C)CCC1([Si](C)(C)C)[Si](C)(C)C)[Si](=[Si]1C([Si](C)(C)C)([Si](C)(C)C)CCC1([Si](C)(C)C)[Si](C)(C)C)[Si](C)(C)C. The predicted octanol–water partition coefficient (Wildman–Crippen LogP) is 14.6. The second kappa shape index (κ2) is 14.3. The predicted molar refractivity (Wildman–Crippen MR) is 286 cm³/mol. The first-order valence-corrected chi connectivity index (χ1v) is 67.7. The molecule has 0 aromatic heterocycles. The van der Waals surface area contributed by atoms with Gasteiger partial charge in [-0.3, -0.25) is 0 Å². The molecule has 0 bridgehead atoms. The summed E-state index contributed by atoms with van der Waals surface area (Å²) < 4.78 is 3.10. The monoisotopic (exact) mass is 946 g/mol. The van der Waals surface area contributed by atoms with Gasteiger partial charge in [0.05, 0.1) is 15.2 Å². The van der Waals surface area contributed by atoms with Gasteiger partial charge in [-0.05, 0) is 46.8 Å². The third-order valence-electron chi connectivity index (χ3n) is 15.9. The molecule has 0 nitrogen and oxygen atoms in total. The molecule has 0 aromatic carbocycles. The Morgan fingerprint density at radius 1 is 0.250 bits per heavy atom. The fraction of sp³-hybridized carbons (Fsp3) is 1.00. The summed E-state index contributed by atoms with van der Waals surface area (Å²) in [4.78, 5) is 0. The molecule has 2 heterocycles. The molecule has 0 aliphatic carbocycles. The lowest BCUT2D eigenvalue weighted by Crippen LogP contribution is -2.75. The first kappa shape index (κ1) is 51.2. The summed E-state index contributed by atoms with van der Waals surface area (Å²) in [7, 11) is -16.8. The van der Waals surface area contributed by atoms with E-state index in [1.807, 2.05) is 0 Å². The quantitative estimate of drug-likeness (QED) is 0.181. The van der Waals surface area contributed by atoms with Crippen LogP contribution in [0.3, 0.4) is 0 Å². The van der Waals surface area contributed by atoms with Gasteiger partial charge in [0, 0.05) is 64.6 Å². The third kappa shape index (κ3) is 7.65. The molecule has 0 spiro atoms. The Hall–Kier alpha value is 3.04. The van der Waals surface area contributed by atoms with Gasteiger partial charge in [0.2, 0.25) is 0 Å². The topological polar surface area (TPSA) is 0 Å². The van der Waals surface area contributed by atoms with Crippen LogP contribution >= 0.6 is 0 Å². The van der Waals surface area contributed by atoms with E-state index in [0.29, 0.717) is 0 Å². The van der Waals surface area contributed by atoms with E-state index in [-0.39, 0.29) is 0 Å². The normalized spacial score (nSPS) is 22.3. The van der Waals surface area contributed by atoms with Crippen molar-refractivity contribution >= 4 is 109 Å². The maximum absolute atomic E-state index is 3.08. The van der Waals surface area contributed by atoms with E-state index in [1.54, 1.807) is 25.7 Å². The minimum absolute atomic E-state index is 0.559. The van der Waals surface area contributed by atoms with Crippen molar-refractivity contribution in [1.29, 1.82) is 0 Å². The van der Waals surface area contributed by atoms with E-state index in [2.05, 4.69) is 196 Å². The maximum Gasteiger partial charge on any atom is 0.0503 e. The molecule has 2 rings (SSSR count). The number of hydrogen-bond acceptors (Lipinski definition) is 0. The molecule has 52 heavy (non-hydrogen) atoms. The summed E-state index contributed by atoms with van der Waals surface area (Å²) in [6.45, 7) is 88.6. The van der Waals surface area contributed by atoms with Crippen LogP contribution in [-0.2, 0) is 0 Å². The van der Waals surface area contributed by atoms with E-state index in [0.717, 1.165) is 17.1 Å². The second-order valence-corrected chi connectivity index (χ2v) is 123. The van der Waals surface area contributed by atoms with Crippen LogP contribution in [0.25, 0.3) is 0 Å². The van der Waals surface area contributed by atoms with Gasteiger partial charge in [-0.25, -0.2) is 0 Å². The van der Waals surface area contributed by atoms with Gasteiger partial charge in [0.25, 0.3) is 0 Å². The van der Waals surface area contributed by atoms with Gasteiger partial charge in [-0.1, -0.05) is 222 Å². The highest BCUT2D eigenvalue weighted by atomic mass is 30.0. The average Bonchev–Trinajstić information content (AvgIpc) is 3.35. The summed E-state index contributed by atoms with van der Waals surface area (Å²) >= 11 is 0. The zero-order valence-electron chi connectivity index (χ0n) is 41.8. The Morgan fingerprint density at radius 3 is 0.442 bits per heavy atom. The van der Waals surface area contributed by atoms with Crippen LogP contribution in [0.4, 0.5) is 0 Å². The molecule has 0 amide bonds. The van der Waals surface area contributed by atoms with Crippen molar-refractivity contribution in [3.8, 4) is 0 Å². The average molecular weight is 948 g/mol. The molecular formula is C38H98Si14. The lowest BCUT2D eigenvalue weighted by molar-refractivity contribution is 0.763. The maximum atomic E-state index is 3.08. The second-order valence-electron chi connectivity index (χ2n) is 28.6. The van der Waals surface area contributed by atoms with Crippen LogP contribution in [0.15, 0.2) is 0 Å². The van der Waals surface area contributed by atoms with Crippen LogP contribution in [-0.4, -0.2) is 109 Å². The van der Waals surface area contributed by atoms with E-state index < -0.39 is 109 Å².